The fraction of sp³-hybridized carbons (Fsp3) is 0.389. The molecule has 0 radical (unpaired) electrons. The van der Waals surface area contributed by atoms with Crippen LogP contribution in [0.2, 0.25) is 0 Å². The fourth-order valence-electron chi connectivity index (χ4n) is 3.08. The van der Waals surface area contributed by atoms with Gasteiger partial charge in [0.25, 0.3) is 0 Å². The third-order valence-electron chi connectivity index (χ3n) is 4.33. The van der Waals surface area contributed by atoms with Gasteiger partial charge in [0.2, 0.25) is 5.91 Å². The van der Waals surface area contributed by atoms with Crippen LogP contribution >= 0.6 is 0 Å². The number of nitrogens with zero attached hydrogens (tertiary/aromatic N) is 2. The second-order valence-electron chi connectivity index (χ2n) is 6.31. The number of hydrogen-bond donors (Lipinski definition) is 3. The molecule has 0 spiro atoms. The average Bonchev–Trinajstić information content (AvgIpc) is 3.14. The van der Waals surface area contributed by atoms with Crippen molar-refractivity contribution >= 4 is 11.9 Å². The molecule has 132 valence electrons. The number of aromatic nitrogens is 2. The fourth-order valence-corrected chi connectivity index (χ4v) is 3.08. The highest BCUT2D eigenvalue weighted by molar-refractivity contribution is 5.75. The Morgan fingerprint density at radius 3 is 2.76 bits per heavy atom. The monoisotopic (exact) mass is 341 g/mol. The van der Waals surface area contributed by atoms with Crippen LogP contribution in [0.15, 0.2) is 36.5 Å². The van der Waals surface area contributed by atoms with Gasteiger partial charge in [0.1, 0.15) is 0 Å². The maximum atomic E-state index is 12.3. The van der Waals surface area contributed by atoms with E-state index in [2.05, 4.69) is 20.8 Å². The molecule has 3 rings (SSSR count). The van der Waals surface area contributed by atoms with Gasteiger partial charge in [-0.25, -0.2) is 4.79 Å². The van der Waals surface area contributed by atoms with Crippen molar-refractivity contribution in [1.29, 1.82) is 0 Å². The second kappa shape index (κ2) is 7.83. The zero-order valence-corrected chi connectivity index (χ0v) is 14.3. The molecule has 1 aromatic heterocycles. The van der Waals surface area contributed by atoms with Crippen LogP contribution in [0, 0.1) is 0 Å². The van der Waals surface area contributed by atoms with Gasteiger partial charge in [-0.2, -0.15) is 5.10 Å². The summed E-state index contributed by atoms with van der Waals surface area (Å²) in [5.74, 6) is -0.0513. The minimum absolute atomic E-state index is 0.0469. The third kappa shape index (κ3) is 4.59. The Morgan fingerprint density at radius 1 is 1.28 bits per heavy atom. The molecule has 7 heteroatoms. The van der Waals surface area contributed by atoms with Crippen molar-refractivity contribution in [1.82, 2.24) is 25.7 Å². The van der Waals surface area contributed by atoms with Gasteiger partial charge >= 0.3 is 6.03 Å². The minimum Gasteiger partial charge on any atom is -0.352 e. The predicted molar refractivity (Wildman–Crippen MR) is 94.7 cm³/mol. The zero-order chi connectivity index (χ0) is 17.6. The third-order valence-corrected chi connectivity index (χ3v) is 4.33. The highest BCUT2D eigenvalue weighted by Gasteiger charge is 2.23. The van der Waals surface area contributed by atoms with E-state index in [9.17, 15) is 9.59 Å². The number of benzene rings is 1. The molecule has 1 saturated heterocycles. The van der Waals surface area contributed by atoms with Crippen LogP contribution in [0.3, 0.4) is 0 Å². The van der Waals surface area contributed by atoms with E-state index in [0.717, 1.165) is 36.2 Å². The largest absolute Gasteiger partial charge is 0.352 e. The summed E-state index contributed by atoms with van der Waals surface area (Å²) in [4.78, 5) is 25.3. The summed E-state index contributed by atoms with van der Waals surface area (Å²) in [5, 5.41) is 12.7. The van der Waals surface area contributed by atoms with Gasteiger partial charge in [-0.15, -0.1) is 0 Å². The molecule has 1 aliphatic heterocycles. The van der Waals surface area contributed by atoms with Crippen LogP contribution in [0.1, 0.15) is 25.3 Å². The van der Waals surface area contributed by atoms with E-state index in [1.54, 1.807) is 11.1 Å². The molecule has 0 aliphatic carbocycles. The van der Waals surface area contributed by atoms with E-state index in [0.29, 0.717) is 13.1 Å². The number of aromatic amines is 1. The van der Waals surface area contributed by atoms with Gasteiger partial charge in [-0.1, -0.05) is 24.3 Å². The van der Waals surface area contributed by atoms with Crippen molar-refractivity contribution in [2.45, 2.75) is 32.4 Å². The van der Waals surface area contributed by atoms with E-state index in [1.807, 2.05) is 30.3 Å². The molecule has 0 bridgehead atoms. The van der Waals surface area contributed by atoms with Gasteiger partial charge in [-0.3, -0.25) is 9.89 Å². The Kier molecular flexibility index (Phi) is 5.33. The molecule has 1 fully saturated rings. The van der Waals surface area contributed by atoms with Crippen molar-refractivity contribution in [2.75, 3.05) is 13.1 Å². The van der Waals surface area contributed by atoms with E-state index in [-0.39, 0.29) is 18.0 Å². The number of nitrogens with one attached hydrogen (secondary N) is 3. The Labute approximate surface area is 146 Å². The molecule has 1 aliphatic rings. The molecule has 1 aromatic carbocycles. The first kappa shape index (κ1) is 17.0. The van der Waals surface area contributed by atoms with E-state index >= 15 is 0 Å². The average molecular weight is 341 g/mol. The number of piperidine rings is 1. The van der Waals surface area contributed by atoms with Crippen molar-refractivity contribution in [3.05, 3.63) is 42.1 Å². The van der Waals surface area contributed by atoms with E-state index < -0.39 is 0 Å². The number of rotatable bonds is 4. The normalized spacial score (nSPS) is 17.2. The van der Waals surface area contributed by atoms with Crippen LogP contribution in [-0.2, 0) is 11.3 Å². The summed E-state index contributed by atoms with van der Waals surface area (Å²) in [6, 6.07) is 9.86. The smallest absolute Gasteiger partial charge is 0.317 e. The van der Waals surface area contributed by atoms with Crippen LogP contribution in [0.25, 0.3) is 11.3 Å². The van der Waals surface area contributed by atoms with Crippen LogP contribution in [0.4, 0.5) is 4.79 Å². The molecule has 3 amide bonds. The lowest BCUT2D eigenvalue weighted by Crippen LogP contribution is -2.51. The summed E-state index contributed by atoms with van der Waals surface area (Å²) in [6.45, 7) is 3.26. The molecular weight excluding hydrogens is 318 g/mol. The van der Waals surface area contributed by atoms with Crippen LogP contribution in [-0.4, -0.2) is 46.2 Å². The second-order valence-corrected chi connectivity index (χ2v) is 6.31. The van der Waals surface area contributed by atoms with Gasteiger partial charge in [0, 0.05) is 38.8 Å². The highest BCUT2D eigenvalue weighted by Crippen LogP contribution is 2.16. The maximum Gasteiger partial charge on any atom is 0.317 e. The number of H-pyrrole nitrogens is 1. The van der Waals surface area contributed by atoms with Gasteiger partial charge in [0.15, 0.2) is 0 Å². The molecule has 2 aromatic rings. The number of urea groups is 1. The first-order valence-corrected chi connectivity index (χ1v) is 8.50. The van der Waals surface area contributed by atoms with Crippen LogP contribution < -0.4 is 10.6 Å². The van der Waals surface area contributed by atoms with E-state index in [4.69, 9.17) is 0 Å². The molecular formula is C18H23N5O2. The SMILES string of the molecule is CC(=O)N[C@@H]1CCCN(C(=O)NCc2ccc(-c3ccn[nH]3)cc2)C1. The minimum atomic E-state index is -0.0901. The molecule has 7 nitrogen and oxygen atoms in total. The first-order chi connectivity index (χ1) is 12.1. The zero-order valence-electron chi connectivity index (χ0n) is 14.3. The molecule has 25 heavy (non-hydrogen) atoms. The van der Waals surface area contributed by atoms with Crippen molar-refractivity contribution in [2.24, 2.45) is 0 Å². The molecule has 1 atom stereocenters. The lowest BCUT2D eigenvalue weighted by Gasteiger charge is -2.33. The number of carbonyl (C=O) groups is 2. The summed E-state index contributed by atoms with van der Waals surface area (Å²) < 4.78 is 0. The molecule has 0 unspecified atom stereocenters. The Morgan fingerprint density at radius 2 is 2.08 bits per heavy atom. The summed E-state index contributed by atoms with van der Waals surface area (Å²) in [7, 11) is 0. The highest BCUT2D eigenvalue weighted by atomic mass is 16.2. The topological polar surface area (TPSA) is 90.1 Å². The van der Waals surface area contributed by atoms with Gasteiger partial charge < -0.3 is 15.5 Å². The van der Waals surface area contributed by atoms with Crippen molar-refractivity contribution < 1.29 is 9.59 Å². The molecule has 2 heterocycles. The van der Waals surface area contributed by atoms with Crippen molar-refractivity contribution in [3.8, 4) is 11.3 Å². The molecule has 3 N–H and O–H groups in total. The van der Waals surface area contributed by atoms with Gasteiger partial charge in [0.05, 0.1) is 5.69 Å². The Bertz CT molecular complexity index is 712. The van der Waals surface area contributed by atoms with Crippen LogP contribution in [0.5, 0.6) is 0 Å². The summed E-state index contributed by atoms with van der Waals surface area (Å²) in [6.07, 6.45) is 3.53. The Balaban J connectivity index is 1.51. The lowest BCUT2D eigenvalue weighted by atomic mass is 10.1. The summed E-state index contributed by atoms with van der Waals surface area (Å²) in [5.41, 5.74) is 3.06. The number of amides is 3. The number of likely N-dealkylation sites (tertiary alicyclic amines) is 1. The lowest BCUT2D eigenvalue weighted by molar-refractivity contribution is -0.119. The Hall–Kier alpha value is -2.83. The molecule has 0 saturated carbocycles. The van der Waals surface area contributed by atoms with Gasteiger partial charge in [-0.05, 0) is 30.0 Å². The standard InChI is InChI=1S/C18H23N5O2/c1-13(24)21-16-3-2-10-23(12-16)18(25)19-11-14-4-6-15(7-5-14)17-8-9-20-22-17/h4-9,16H,2-3,10-12H2,1H3,(H,19,25)(H,20,22)(H,21,24)/t16-/m1/s1. The van der Waals surface area contributed by atoms with E-state index in [1.165, 1.54) is 6.92 Å². The quantitative estimate of drug-likeness (QED) is 0.793. The summed E-state index contributed by atoms with van der Waals surface area (Å²) >= 11 is 0. The first-order valence-electron chi connectivity index (χ1n) is 8.50. The number of hydrogen-bond acceptors (Lipinski definition) is 3. The number of carbonyl (C=O) groups excluding carboxylic acids is 2. The maximum absolute atomic E-state index is 12.3. The van der Waals surface area contributed by atoms with Crippen molar-refractivity contribution in [3.63, 3.8) is 0 Å². The predicted octanol–water partition coefficient (Wildman–Crippen LogP) is 1.89.